The second-order valence-corrected chi connectivity index (χ2v) is 6.84. The van der Waals surface area contributed by atoms with E-state index in [2.05, 4.69) is 36.6 Å². The summed E-state index contributed by atoms with van der Waals surface area (Å²) in [7, 11) is 0. The zero-order valence-electron chi connectivity index (χ0n) is 13.9. The highest BCUT2D eigenvalue weighted by Crippen LogP contribution is 2.46. The number of thiophene rings is 1. The molecule has 0 spiro atoms. The Bertz CT molecular complexity index is 921. The zero-order chi connectivity index (χ0) is 17.2. The van der Waals surface area contributed by atoms with Crippen LogP contribution in [0.5, 0.6) is 5.75 Å². The third-order valence-corrected chi connectivity index (χ3v) is 5.30. The van der Waals surface area contributed by atoms with Gasteiger partial charge in [0.05, 0.1) is 5.92 Å². The molecule has 0 aliphatic carbocycles. The second-order valence-electron chi connectivity index (χ2n) is 6.06. The summed E-state index contributed by atoms with van der Waals surface area (Å²) in [5, 5.41) is 4.10. The number of benzene rings is 2. The quantitative estimate of drug-likeness (QED) is 0.579. The molecule has 0 saturated carbocycles. The van der Waals surface area contributed by atoms with Gasteiger partial charge in [-0.2, -0.15) is 11.3 Å². The number of rotatable bonds is 4. The molecule has 0 N–H and O–H groups in total. The van der Waals surface area contributed by atoms with Crippen molar-refractivity contribution in [3.05, 3.63) is 87.6 Å². The van der Waals surface area contributed by atoms with Crippen LogP contribution in [0, 0.1) is 0 Å². The Kier molecular flexibility index (Phi) is 4.24. The van der Waals surface area contributed by atoms with Crippen LogP contribution in [0.1, 0.15) is 35.1 Å². The molecule has 0 saturated heterocycles. The third-order valence-electron chi connectivity index (χ3n) is 4.61. The summed E-state index contributed by atoms with van der Waals surface area (Å²) in [6.45, 7) is 2.14. The standard InChI is InChI=1S/C22H18O2S/c1-2-15-7-9-16(10-8-15)22-21(17-11-12-25-14-17)19(13-23)18-5-3-4-6-20(18)24-22/h3-14,19H,2H2,1H3. The van der Waals surface area contributed by atoms with E-state index in [1.54, 1.807) is 11.3 Å². The van der Waals surface area contributed by atoms with E-state index in [1.807, 2.05) is 35.7 Å². The Labute approximate surface area is 151 Å². The van der Waals surface area contributed by atoms with Gasteiger partial charge in [0.15, 0.2) is 0 Å². The molecule has 1 atom stereocenters. The summed E-state index contributed by atoms with van der Waals surface area (Å²) in [6.07, 6.45) is 2.02. The van der Waals surface area contributed by atoms with Gasteiger partial charge in [0.2, 0.25) is 0 Å². The first-order valence-electron chi connectivity index (χ1n) is 8.40. The molecule has 3 aromatic rings. The van der Waals surface area contributed by atoms with Crippen molar-refractivity contribution < 1.29 is 9.53 Å². The average Bonchev–Trinajstić information content (AvgIpc) is 3.21. The summed E-state index contributed by atoms with van der Waals surface area (Å²) < 4.78 is 6.29. The lowest BCUT2D eigenvalue weighted by Gasteiger charge is -2.28. The van der Waals surface area contributed by atoms with Crippen molar-refractivity contribution in [3.63, 3.8) is 0 Å². The van der Waals surface area contributed by atoms with Gasteiger partial charge in [-0.25, -0.2) is 0 Å². The predicted octanol–water partition coefficient (Wildman–Crippen LogP) is 5.55. The lowest BCUT2D eigenvalue weighted by Crippen LogP contribution is -2.15. The van der Waals surface area contributed by atoms with Crippen LogP contribution in [-0.4, -0.2) is 6.29 Å². The number of aldehydes is 1. The van der Waals surface area contributed by atoms with Gasteiger partial charge in [-0.1, -0.05) is 49.4 Å². The Balaban J connectivity index is 1.93. The molecule has 0 radical (unpaired) electrons. The summed E-state index contributed by atoms with van der Waals surface area (Å²) in [5.74, 6) is 1.21. The first kappa shape index (κ1) is 15.9. The van der Waals surface area contributed by atoms with Crippen LogP contribution in [0.25, 0.3) is 11.3 Å². The molecule has 2 heterocycles. The maximum Gasteiger partial charge on any atom is 0.139 e. The van der Waals surface area contributed by atoms with E-state index in [9.17, 15) is 4.79 Å². The van der Waals surface area contributed by atoms with E-state index < -0.39 is 0 Å². The van der Waals surface area contributed by atoms with Crippen LogP contribution in [0.15, 0.2) is 65.4 Å². The largest absolute Gasteiger partial charge is 0.456 e. The van der Waals surface area contributed by atoms with Crippen molar-refractivity contribution in [2.24, 2.45) is 0 Å². The minimum absolute atomic E-state index is 0.319. The van der Waals surface area contributed by atoms with Crippen LogP contribution in [0.2, 0.25) is 0 Å². The highest BCUT2D eigenvalue weighted by molar-refractivity contribution is 7.08. The van der Waals surface area contributed by atoms with Gasteiger partial charge < -0.3 is 9.53 Å². The molecule has 0 bridgehead atoms. The Morgan fingerprint density at radius 1 is 1.04 bits per heavy atom. The predicted molar refractivity (Wildman–Crippen MR) is 103 cm³/mol. The highest BCUT2D eigenvalue weighted by Gasteiger charge is 2.31. The normalized spacial score (nSPS) is 16.3. The monoisotopic (exact) mass is 346 g/mol. The van der Waals surface area contributed by atoms with Gasteiger partial charge in [0.25, 0.3) is 0 Å². The van der Waals surface area contributed by atoms with Gasteiger partial charge in [0.1, 0.15) is 17.8 Å². The Morgan fingerprint density at radius 2 is 1.84 bits per heavy atom. The first-order valence-corrected chi connectivity index (χ1v) is 9.34. The molecule has 2 nitrogen and oxygen atoms in total. The molecular formula is C22H18O2S. The van der Waals surface area contributed by atoms with Crippen molar-refractivity contribution in [2.75, 3.05) is 0 Å². The van der Waals surface area contributed by atoms with Gasteiger partial charge in [-0.05, 0) is 40.4 Å². The van der Waals surface area contributed by atoms with E-state index in [0.717, 1.165) is 46.5 Å². The lowest BCUT2D eigenvalue weighted by atomic mass is 9.84. The Hall–Kier alpha value is -2.65. The fraction of sp³-hybridized carbons (Fsp3) is 0.136. The fourth-order valence-corrected chi connectivity index (χ4v) is 3.92. The SMILES string of the molecule is CCc1ccc(C2=C(c3ccsc3)C(C=O)c3ccccc3O2)cc1. The van der Waals surface area contributed by atoms with E-state index in [1.165, 1.54) is 5.56 Å². The average molecular weight is 346 g/mol. The minimum Gasteiger partial charge on any atom is -0.456 e. The number of para-hydroxylation sites is 1. The van der Waals surface area contributed by atoms with Crippen LogP contribution in [-0.2, 0) is 11.2 Å². The van der Waals surface area contributed by atoms with E-state index in [4.69, 9.17) is 4.74 Å². The molecule has 1 unspecified atom stereocenters. The molecule has 1 aliphatic rings. The molecule has 2 aromatic carbocycles. The van der Waals surface area contributed by atoms with Crippen molar-refractivity contribution >= 4 is 29.0 Å². The number of allylic oxidation sites excluding steroid dienone is 1. The highest BCUT2D eigenvalue weighted by atomic mass is 32.1. The number of carbonyl (C=O) groups excluding carboxylic acids is 1. The van der Waals surface area contributed by atoms with Gasteiger partial charge in [-0.3, -0.25) is 0 Å². The number of aryl methyl sites for hydroxylation is 1. The van der Waals surface area contributed by atoms with Crippen molar-refractivity contribution in [1.29, 1.82) is 0 Å². The molecule has 1 aliphatic heterocycles. The van der Waals surface area contributed by atoms with Gasteiger partial charge >= 0.3 is 0 Å². The third kappa shape index (κ3) is 2.81. The van der Waals surface area contributed by atoms with E-state index >= 15 is 0 Å². The number of carbonyl (C=O) groups is 1. The molecule has 0 fully saturated rings. The van der Waals surface area contributed by atoms with Gasteiger partial charge in [0, 0.05) is 16.7 Å². The number of ether oxygens (including phenoxy) is 1. The maximum absolute atomic E-state index is 12.0. The van der Waals surface area contributed by atoms with Crippen molar-refractivity contribution in [1.82, 2.24) is 0 Å². The van der Waals surface area contributed by atoms with Crippen LogP contribution in [0.3, 0.4) is 0 Å². The van der Waals surface area contributed by atoms with Crippen LogP contribution >= 0.6 is 11.3 Å². The minimum atomic E-state index is -0.319. The van der Waals surface area contributed by atoms with E-state index in [-0.39, 0.29) is 5.92 Å². The summed E-state index contributed by atoms with van der Waals surface area (Å²) in [5.41, 5.74) is 5.20. The van der Waals surface area contributed by atoms with E-state index in [0.29, 0.717) is 0 Å². The second kappa shape index (κ2) is 6.69. The van der Waals surface area contributed by atoms with Crippen molar-refractivity contribution in [2.45, 2.75) is 19.3 Å². The molecule has 0 amide bonds. The van der Waals surface area contributed by atoms with Crippen LogP contribution < -0.4 is 4.74 Å². The molecule has 124 valence electrons. The molecule has 3 heteroatoms. The molecule has 1 aromatic heterocycles. The molecular weight excluding hydrogens is 328 g/mol. The summed E-state index contributed by atoms with van der Waals surface area (Å²) in [6, 6.07) is 18.2. The van der Waals surface area contributed by atoms with Crippen molar-refractivity contribution in [3.8, 4) is 5.75 Å². The van der Waals surface area contributed by atoms with Gasteiger partial charge in [-0.15, -0.1) is 0 Å². The number of hydrogen-bond donors (Lipinski definition) is 0. The van der Waals surface area contributed by atoms with Crippen LogP contribution in [0.4, 0.5) is 0 Å². The lowest BCUT2D eigenvalue weighted by molar-refractivity contribution is -0.108. The summed E-state index contributed by atoms with van der Waals surface area (Å²) in [4.78, 5) is 12.0. The topological polar surface area (TPSA) is 26.3 Å². The Morgan fingerprint density at radius 3 is 2.52 bits per heavy atom. The smallest absolute Gasteiger partial charge is 0.139 e. The number of fused-ring (bicyclic) bond motifs is 1. The number of hydrogen-bond acceptors (Lipinski definition) is 3. The molecule has 25 heavy (non-hydrogen) atoms. The maximum atomic E-state index is 12.0. The fourth-order valence-electron chi connectivity index (χ4n) is 3.27. The summed E-state index contributed by atoms with van der Waals surface area (Å²) >= 11 is 1.62. The zero-order valence-corrected chi connectivity index (χ0v) is 14.8. The first-order chi connectivity index (χ1) is 12.3. The molecule has 4 rings (SSSR count).